The number of nitrogens with one attached hydrogen (secondary N) is 1. The Morgan fingerprint density at radius 2 is 1.68 bits per heavy atom. The highest BCUT2D eigenvalue weighted by Crippen LogP contribution is 2.33. The van der Waals surface area contributed by atoms with Gasteiger partial charge in [-0.2, -0.15) is 0 Å². The summed E-state index contributed by atoms with van der Waals surface area (Å²) in [7, 11) is -0.780. The Morgan fingerprint density at radius 3 is 2.19 bits per heavy atom. The maximum absolute atomic E-state index is 13.1. The fourth-order valence-electron chi connectivity index (χ4n) is 3.47. The number of rotatable bonds is 9. The molecule has 2 rings (SSSR count). The van der Waals surface area contributed by atoms with Crippen LogP contribution in [0.25, 0.3) is 0 Å². The molecular formula is C23H32N2O5S. The van der Waals surface area contributed by atoms with E-state index in [1.807, 2.05) is 32.9 Å². The van der Waals surface area contributed by atoms with Gasteiger partial charge in [0.15, 0.2) is 11.5 Å². The van der Waals surface area contributed by atoms with Gasteiger partial charge in [0, 0.05) is 6.07 Å². The predicted molar refractivity (Wildman–Crippen MR) is 123 cm³/mol. The number of anilines is 1. The van der Waals surface area contributed by atoms with Crippen LogP contribution < -0.4 is 19.1 Å². The molecule has 0 radical (unpaired) electrons. The Morgan fingerprint density at radius 1 is 1.03 bits per heavy atom. The van der Waals surface area contributed by atoms with Crippen molar-refractivity contribution >= 4 is 21.6 Å². The second-order valence-corrected chi connectivity index (χ2v) is 9.45. The summed E-state index contributed by atoms with van der Waals surface area (Å²) in [4.78, 5) is 13.1. The normalized spacial score (nSPS) is 13.3. The Kier molecular flexibility index (Phi) is 7.95. The number of benzene rings is 2. The molecule has 0 heterocycles. The van der Waals surface area contributed by atoms with E-state index in [1.54, 1.807) is 25.1 Å². The van der Waals surface area contributed by atoms with E-state index in [-0.39, 0.29) is 11.9 Å². The first-order valence-corrected chi connectivity index (χ1v) is 12.0. The molecule has 1 amide bonds. The largest absolute Gasteiger partial charge is 0.493 e. The van der Waals surface area contributed by atoms with Crippen molar-refractivity contribution in [2.45, 2.75) is 46.2 Å². The molecule has 2 aromatic rings. The first-order chi connectivity index (χ1) is 14.5. The predicted octanol–water partition coefficient (Wildman–Crippen LogP) is 3.74. The fourth-order valence-corrected chi connectivity index (χ4v) is 4.63. The lowest BCUT2D eigenvalue weighted by atomic mass is 9.99. The Bertz CT molecular complexity index is 1040. The van der Waals surface area contributed by atoms with Crippen LogP contribution in [0.15, 0.2) is 36.4 Å². The van der Waals surface area contributed by atoms with Gasteiger partial charge >= 0.3 is 0 Å². The van der Waals surface area contributed by atoms with Gasteiger partial charge in [-0.25, -0.2) is 8.42 Å². The van der Waals surface area contributed by atoms with Crippen molar-refractivity contribution in [1.82, 2.24) is 5.32 Å². The van der Waals surface area contributed by atoms with Gasteiger partial charge in [0.25, 0.3) is 0 Å². The van der Waals surface area contributed by atoms with Crippen molar-refractivity contribution in [2.75, 3.05) is 24.8 Å². The molecule has 31 heavy (non-hydrogen) atoms. The summed E-state index contributed by atoms with van der Waals surface area (Å²) in [6.45, 7) is 7.61. The lowest BCUT2D eigenvalue weighted by Crippen LogP contribution is -2.48. The molecule has 0 aliphatic carbocycles. The number of nitrogens with zero attached hydrogens (tertiary/aromatic N) is 1. The summed E-state index contributed by atoms with van der Waals surface area (Å²) < 4.78 is 36.8. The van der Waals surface area contributed by atoms with Gasteiger partial charge in [0.05, 0.1) is 32.2 Å². The fraction of sp³-hybridized carbons (Fsp3) is 0.435. The van der Waals surface area contributed by atoms with Crippen molar-refractivity contribution in [3.8, 4) is 11.5 Å². The number of hydrogen-bond donors (Lipinski definition) is 1. The topological polar surface area (TPSA) is 84.9 Å². The Hall–Kier alpha value is -2.74. The smallest absolute Gasteiger partial charge is 0.244 e. The van der Waals surface area contributed by atoms with Gasteiger partial charge in [-0.1, -0.05) is 25.1 Å². The van der Waals surface area contributed by atoms with E-state index in [9.17, 15) is 13.2 Å². The van der Waals surface area contributed by atoms with Gasteiger partial charge in [-0.3, -0.25) is 9.10 Å². The summed E-state index contributed by atoms with van der Waals surface area (Å²) in [5, 5.41) is 3.00. The molecule has 0 unspecified atom stereocenters. The lowest BCUT2D eigenvalue weighted by Gasteiger charge is -2.30. The number of sulfonamides is 1. The number of ether oxygens (including phenoxy) is 2. The van der Waals surface area contributed by atoms with Gasteiger partial charge in [-0.15, -0.1) is 0 Å². The zero-order valence-corrected chi connectivity index (χ0v) is 20.0. The minimum atomic E-state index is -3.75. The molecule has 170 valence electrons. The van der Waals surface area contributed by atoms with Gasteiger partial charge in [0.1, 0.15) is 6.04 Å². The summed E-state index contributed by atoms with van der Waals surface area (Å²) in [5.74, 6) is 0.464. The second-order valence-electron chi connectivity index (χ2n) is 7.59. The molecule has 2 aromatic carbocycles. The minimum absolute atomic E-state index is 0.221. The quantitative estimate of drug-likeness (QED) is 0.632. The monoisotopic (exact) mass is 448 g/mol. The number of hydrogen-bond acceptors (Lipinski definition) is 5. The first-order valence-electron chi connectivity index (χ1n) is 10.1. The number of aryl methyl sites for hydroxylation is 2. The maximum atomic E-state index is 13.1. The van der Waals surface area contributed by atoms with Gasteiger partial charge < -0.3 is 14.8 Å². The van der Waals surface area contributed by atoms with Crippen LogP contribution in [0, 0.1) is 13.8 Å². The number of carbonyl (C=O) groups excluding carboxylic acids is 1. The van der Waals surface area contributed by atoms with Crippen LogP contribution in [0.4, 0.5) is 5.69 Å². The summed E-state index contributed by atoms with van der Waals surface area (Å²) in [6, 6.07) is 9.63. The molecule has 0 saturated heterocycles. The Balaban J connectivity index is 2.35. The molecule has 1 N–H and O–H groups in total. The third kappa shape index (κ3) is 5.70. The Labute approximate surface area is 185 Å². The number of methoxy groups -OCH3 is 2. The zero-order valence-electron chi connectivity index (χ0n) is 19.2. The van der Waals surface area contributed by atoms with E-state index in [0.717, 1.165) is 21.7 Å². The summed E-state index contributed by atoms with van der Waals surface area (Å²) >= 11 is 0. The molecule has 0 spiro atoms. The highest BCUT2D eigenvalue weighted by molar-refractivity contribution is 7.92. The molecule has 0 bridgehead atoms. The van der Waals surface area contributed by atoms with Crippen molar-refractivity contribution in [3.63, 3.8) is 0 Å². The minimum Gasteiger partial charge on any atom is -0.493 e. The highest BCUT2D eigenvalue weighted by atomic mass is 32.2. The third-order valence-electron chi connectivity index (χ3n) is 5.37. The van der Waals surface area contributed by atoms with E-state index in [4.69, 9.17) is 9.47 Å². The van der Waals surface area contributed by atoms with Crippen LogP contribution in [-0.2, 0) is 14.8 Å². The summed E-state index contributed by atoms with van der Waals surface area (Å²) in [5.41, 5.74) is 3.63. The first kappa shape index (κ1) is 24.5. The van der Waals surface area contributed by atoms with Gasteiger partial charge in [0.2, 0.25) is 15.9 Å². The molecule has 0 aliphatic heterocycles. The molecule has 0 fully saturated rings. The van der Waals surface area contributed by atoms with E-state index < -0.39 is 16.1 Å². The number of amides is 1. The molecular weight excluding hydrogens is 416 g/mol. The van der Waals surface area contributed by atoms with E-state index in [2.05, 4.69) is 11.4 Å². The van der Waals surface area contributed by atoms with Crippen LogP contribution in [-0.4, -0.2) is 40.8 Å². The molecule has 0 aromatic heterocycles. The van der Waals surface area contributed by atoms with Crippen molar-refractivity contribution < 1.29 is 22.7 Å². The van der Waals surface area contributed by atoms with E-state index in [1.165, 1.54) is 19.8 Å². The molecule has 7 nitrogen and oxygen atoms in total. The molecule has 8 heteroatoms. The zero-order chi connectivity index (χ0) is 23.3. The maximum Gasteiger partial charge on any atom is 0.244 e. The lowest BCUT2D eigenvalue weighted by molar-refractivity contribution is -0.122. The van der Waals surface area contributed by atoms with Gasteiger partial charge in [-0.05, 0) is 56.0 Å². The highest BCUT2D eigenvalue weighted by Gasteiger charge is 2.31. The van der Waals surface area contributed by atoms with Crippen LogP contribution in [0.3, 0.4) is 0 Å². The number of carbonyl (C=O) groups is 1. The SMILES string of the molecule is CC[C@@H](NC(=O)[C@@H](C)N(c1ccc(OC)c(OC)c1)S(C)(=O)=O)c1ccc(C)c(C)c1. The summed E-state index contributed by atoms with van der Waals surface area (Å²) in [6.07, 6.45) is 1.75. The van der Waals surface area contributed by atoms with Crippen LogP contribution in [0.1, 0.15) is 43.0 Å². The second kappa shape index (κ2) is 10.0. The van der Waals surface area contributed by atoms with Crippen molar-refractivity contribution in [3.05, 3.63) is 53.1 Å². The standard InChI is InChI=1S/C23H32N2O5S/c1-8-20(18-10-9-15(2)16(3)13-18)24-23(26)17(4)25(31(7,27)28)19-11-12-21(29-5)22(14-19)30-6/h9-14,17,20H,8H2,1-7H3,(H,24,26)/t17-,20-/m1/s1. The van der Waals surface area contributed by atoms with Crippen LogP contribution in [0.2, 0.25) is 0 Å². The average molecular weight is 449 g/mol. The van der Waals surface area contributed by atoms with Crippen LogP contribution >= 0.6 is 0 Å². The average Bonchev–Trinajstić information content (AvgIpc) is 2.72. The third-order valence-corrected chi connectivity index (χ3v) is 6.61. The molecule has 0 saturated carbocycles. The van der Waals surface area contributed by atoms with Crippen LogP contribution in [0.5, 0.6) is 11.5 Å². The van der Waals surface area contributed by atoms with Crippen molar-refractivity contribution in [1.29, 1.82) is 0 Å². The van der Waals surface area contributed by atoms with E-state index in [0.29, 0.717) is 23.6 Å². The van der Waals surface area contributed by atoms with E-state index >= 15 is 0 Å². The molecule has 0 aliphatic rings. The molecule has 2 atom stereocenters. The van der Waals surface area contributed by atoms with Crippen molar-refractivity contribution in [2.24, 2.45) is 0 Å².